The fraction of sp³-hybridized carbons (Fsp3) is 0. The Labute approximate surface area is 240 Å². The molecule has 0 aliphatic heterocycles. The second-order valence-corrected chi connectivity index (χ2v) is 10.7. The van der Waals surface area contributed by atoms with E-state index in [4.69, 9.17) is 5.73 Å². The standard InChI is InChI=1S/C27H18N4O3S2.Na.H/c28-26-19-8-2-1-7-18(19)25(36(32,33)34)14-23(26)31-30-16-12-13-22(29-15-16)21-10-5-9-20-17-6-3-4-11-24(17)35-27(20)21;;/h1-15H,28H2,(H,32,33,34);;/q;+1;-1. The van der Waals surface area contributed by atoms with E-state index in [9.17, 15) is 13.0 Å². The zero-order valence-electron chi connectivity index (χ0n) is 20.7. The summed E-state index contributed by atoms with van der Waals surface area (Å²) in [5, 5.41) is 11.6. The molecule has 0 atom stereocenters. The number of aromatic nitrogens is 1. The van der Waals surface area contributed by atoms with Crippen LogP contribution >= 0.6 is 11.3 Å². The number of rotatable bonds is 4. The second kappa shape index (κ2) is 9.94. The van der Waals surface area contributed by atoms with E-state index in [2.05, 4.69) is 33.4 Å². The van der Waals surface area contributed by atoms with Gasteiger partial charge in [0.25, 0.3) is 10.1 Å². The third kappa shape index (κ3) is 4.66. The molecule has 6 rings (SSSR count). The van der Waals surface area contributed by atoms with Crippen LogP contribution in [0, 0.1) is 0 Å². The monoisotopic (exact) mass is 534 g/mol. The maximum Gasteiger partial charge on any atom is 1.00 e. The molecular weight excluding hydrogens is 515 g/mol. The topological polar surface area (TPSA) is 118 Å². The van der Waals surface area contributed by atoms with Gasteiger partial charge in [-0.05, 0) is 24.3 Å². The van der Waals surface area contributed by atoms with Gasteiger partial charge in [0.1, 0.15) is 16.3 Å². The fourth-order valence-corrected chi connectivity index (χ4v) is 6.25. The van der Waals surface area contributed by atoms with Gasteiger partial charge in [0.2, 0.25) is 0 Å². The first-order valence-electron chi connectivity index (χ1n) is 11.0. The average Bonchev–Trinajstić information content (AvgIpc) is 3.27. The molecule has 0 aliphatic carbocycles. The molecule has 0 fully saturated rings. The maximum absolute atomic E-state index is 11.9. The third-order valence-corrected chi connectivity index (χ3v) is 8.12. The zero-order chi connectivity index (χ0) is 24.9. The molecule has 10 heteroatoms. The van der Waals surface area contributed by atoms with Gasteiger partial charge in [-0.3, -0.25) is 9.54 Å². The molecule has 2 aromatic heterocycles. The number of anilines is 1. The molecule has 0 amide bonds. The number of hydrogen-bond acceptors (Lipinski definition) is 7. The molecule has 0 radical (unpaired) electrons. The van der Waals surface area contributed by atoms with Gasteiger partial charge >= 0.3 is 29.6 Å². The van der Waals surface area contributed by atoms with Crippen molar-refractivity contribution in [2.45, 2.75) is 4.90 Å². The van der Waals surface area contributed by atoms with Crippen LogP contribution in [0.4, 0.5) is 17.1 Å². The summed E-state index contributed by atoms with van der Waals surface area (Å²) in [5.74, 6) is 0. The van der Waals surface area contributed by atoms with Crippen molar-refractivity contribution in [2.24, 2.45) is 10.2 Å². The number of fused-ring (bicyclic) bond motifs is 4. The summed E-state index contributed by atoms with van der Waals surface area (Å²) >= 11 is 1.74. The van der Waals surface area contributed by atoms with Gasteiger partial charge in [-0.25, -0.2) is 0 Å². The Hall–Kier alpha value is -3.18. The summed E-state index contributed by atoms with van der Waals surface area (Å²) in [7, 11) is -4.48. The molecule has 0 bridgehead atoms. The number of pyridine rings is 1. The molecule has 7 nitrogen and oxygen atoms in total. The van der Waals surface area contributed by atoms with Gasteiger partial charge < -0.3 is 7.16 Å². The molecule has 3 N–H and O–H groups in total. The number of nitrogens with two attached hydrogens (primary N) is 1. The van der Waals surface area contributed by atoms with E-state index in [-0.39, 0.29) is 47.3 Å². The molecule has 0 saturated heterocycles. The van der Waals surface area contributed by atoms with E-state index in [0.717, 1.165) is 11.3 Å². The first-order chi connectivity index (χ1) is 17.4. The normalized spacial score (nSPS) is 11.9. The molecule has 0 aliphatic rings. The van der Waals surface area contributed by atoms with Crippen molar-refractivity contribution in [3.8, 4) is 11.3 Å². The molecule has 178 valence electrons. The minimum absolute atomic E-state index is 0. The number of nitrogens with zero attached hydrogens (tertiary/aromatic N) is 3. The molecule has 6 aromatic rings. The zero-order valence-corrected chi connectivity index (χ0v) is 23.3. The van der Waals surface area contributed by atoms with E-state index < -0.39 is 10.1 Å². The van der Waals surface area contributed by atoms with E-state index in [1.165, 1.54) is 26.2 Å². The Morgan fingerprint density at radius 1 is 0.838 bits per heavy atom. The Morgan fingerprint density at radius 3 is 2.27 bits per heavy atom. The van der Waals surface area contributed by atoms with Crippen LogP contribution in [0.1, 0.15) is 1.43 Å². The number of thiophene rings is 1. The van der Waals surface area contributed by atoms with Crippen LogP contribution in [-0.2, 0) is 10.1 Å². The number of nitrogen functional groups attached to an aromatic ring is 1. The largest absolute Gasteiger partial charge is 1.00 e. The Balaban J connectivity index is 0.00000168. The number of hydrogen-bond donors (Lipinski definition) is 2. The summed E-state index contributed by atoms with van der Waals surface area (Å²) in [6, 6.07) is 26.1. The maximum atomic E-state index is 11.9. The predicted molar refractivity (Wildman–Crippen MR) is 146 cm³/mol. The molecule has 0 spiro atoms. The van der Waals surface area contributed by atoms with Gasteiger partial charge in [-0.1, -0.05) is 60.7 Å². The third-order valence-electron chi connectivity index (χ3n) is 6.01. The Morgan fingerprint density at radius 2 is 1.54 bits per heavy atom. The van der Waals surface area contributed by atoms with E-state index >= 15 is 0 Å². The first-order valence-corrected chi connectivity index (χ1v) is 13.2. The van der Waals surface area contributed by atoms with Gasteiger partial charge in [0.05, 0.1) is 17.6 Å². The summed E-state index contributed by atoms with van der Waals surface area (Å²) in [4.78, 5) is 4.32. The Bertz CT molecular complexity index is 1940. The fourth-order valence-electron chi connectivity index (χ4n) is 4.31. The van der Waals surface area contributed by atoms with Crippen molar-refractivity contribution in [1.82, 2.24) is 4.98 Å². The molecular formula is C27H19N4NaO3S2. The van der Waals surface area contributed by atoms with Gasteiger partial charge in [0, 0.05) is 36.5 Å². The molecule has 37 heavy (non-hydrogen) atoms. The van der Waals surface area contributed by atoms with Crippen molar-refractivity contribution < 1.29 is 44.0 Å². The molecule has 0 unspecified atom stereocenters. The van der Waals surface area contributed by atoms with Crippen LogP contribution in [-0.4, -0.2) is 18.0 Å². The van der Waals surface area contributed by atoms with Crippen LogP contribution in [0.3, 0.4) is 0 Å². The van der Waals surface area contributed by atoms with Crippen molar-refractivity contribution in [3.63, 3.8) is 0 Å². The minimum Gasteiger partial charge on any atom is -1.00 e. The predicted octanol–water partition coefficient (Wildman–Crippen LogP) is 4.63. The summed E-state index contributed by atoms with van der Waals surface area (Å²) in [6.45, 7) is 0. The summed E-state index contributed by atoms with van der Waals surface area (Å²) < 4.78 is 36.0. The van der Waals surface area contributed by atoms with Gasteiger partial charge in [-0.15, -0.1) is 21.6 Å². The molecule has 0 saturated carbocycles. The summed E-state index contributed by atoms with van der Waals surface area (Å²) in [5.41, 5.74) is 8.96. The van der Waals surface area contributed by atoms with Crippen LogP contribution < -0.4 is 35.3 Å². The first kappa shape index (κ1) is 25.5. The van der Waals surface area contributed by atoms with Crippen LogP contribution in [0.15, 0.2) is 106 Å². The van der Waals surface area contributed by atoms with E-state index in [1.807, 2.05) is 30.3 Å². The Kier molecular flexibility index (Phi) is 6.84. The van der Waals surface area contributed by atoms with Crippen molar-refractivity contribution in [2.75, 3.05) is 5.73 Å². The van der Waals surface area contributed by atoms with Crippen molar-refractivity contribution in [3.05, 3.63) is 91.1 Å². The van der Waals surface area contributed by atoms with Crippen LogP contribution in [0.5, 0.6) is 0 Å². The second-order valence-electron chi connectivity index (χ2n) is 8.21. The average molecular weight is 535 g/mol. The van der Waals surface area contributed by atoms with Crippen LogP contribution in [0.2, 0.25) is 0 Å². The minimum atomic E-state index is -4.48. The molecule has 4 aromatic carbocycles. The van der Waals surface area contributed by atoms with Crippen molar-refractivity contribution >= 4 is 69.5 Å². The van der Waals surface area contributed by atoms with E-state index in [1.54, 1.807) is 47.9 Å². The number of benzene rings is 4. The summed E-state index contributed by atoms with van der Waals surface area (Å²) in [6.07, 6.45) is 1.60. The quantitative estimate of drug-likeness (QED) is 0.148. The van der Waals surface area contributed by atoms with Crippen LogP contribution in [0.25, 0.3) is 42.2 Å². The van der Waals surface area contributed by atoms with Gasteiger partial charge in [-0.2, -0.15) is 8.42 Å². The molecule has 2 heterocycles. The number of azo groups is 1. The van der Waals surface area contributed by atoms with E-state index in [0.29, 0.717) is 16.5 Å². The smallest absolute Gasteiger partial charge is 1.00 e. The van der Waals surface area contributed by atoms with Crippen molar-refractivity contribution in [1.29, 1.82) is 0 Å². The SMILES string of the molecule is Nc1c(N=Nc2ccc(-c3cccc4c3sc3ccccc34)nc2)cc(S(=O)(=O)O)c2ccccc12.[H-].[Na+]. The van der Waals surface area contributed by atoms with Gasteiger partial charge in [0.15, 0.2) is 0 Å².